The molecule has 3 N–H and O–H groups in total. The first kappa shape index (κ1) is 12.9. The fourth-order valence-electron chi connectivity index (χ4n) is 1.57. The van der Waals surface area contributed by atoms with Crippen LogP contribution in [-0.4, -0.2) is 5.91 Å². The van der Waals surface area contributed by atoms with E-state index in [1.54, 1.807) is 12.1 Å². The Morgan fingerprint density at radius 1 is 1.28 bits per heavy atom. The van der Waals surface area contributed by atoms with E-state index in [9.17, 15) is 4.79 Å². The summed E-state index contributed by atoms with van der Waals surface area (Å²) in [5.41, 5.74) is 9.27. The predicted octanol–water partition coefficient (Wildman–Crippen LogP) is 3.85. The summed E-state index contributed by atoms with van der Waals surface area (Å²) in [4.78, 5) is 12.5. The van der Waals surface area contributed by atoms with Crippen molar-refractivity contribution in [3.8, 4) is 0 Å². The lowest BCUT2D eigenvalue weighted by Crippen LogP contribution is -2.12. The standard InChI is InChI=1S/C13H13ClN2OS/c1-7-5-9(15)10(6-8(7)2)16-13(17)11-3-4-12(14)18-11/h3-6H,15H2,1-2H3,(H,16,17). The van der Waals surface area contributed by atoms with Crippen LogP contribution in [0.3, 0.4) is 0 Å². The smallest absolute Gasteiger partial charge is 0.265 e. The van der Waals surface area contributed by atoms with Gasteiger partial charge < -0.3 is 11.1 Å². The molecule has 0 spiro atoms. The largest absolute Gasteiger partial charge is 0.397 e. The zero-order valence-corrected chi connectivity index (χ0v) is 11.7. The highest BCUT2D eigenvalue weighted by molar-refractivity contribution is 7.18. The maximum Gasteiger partial charge on any atom is 0.265 e. The Morgan fingerprint density at radius 2 is 1.94 bits per heavy atom. The molecule has 1 heterocycles. The summed E-state index contributed by atoms with van der Waals surface area (Å²) in [6.45, 7) is 3.96. The van der Waals surface area contributed by atoms with Crippen LogP contribution < -0.4 is 11.1 Å². The topological polar surface area (TPSA) is 55.1 Å². The summed E-state index contributed by atoms with van der Waals surface area (Å²) in [6.07, 6.45) is 0. The number of rotatable bonds is 2. The molecule has 0 bridgehead atoms. The van der Waals surface area contributed by atoms with E-state index in [1.165, 1.54) is 11.3 Å². The van der Waals surface area contributed by atoms with Crippen LogP contribution >= 0.6 is 22.9 Å². The molecule has 0 aliphatic heterocycles. The number of hydrogen-bond acceptors (Lipinski definition) is 3. The highest BCUT2D eigenvalue weighted by Gasteiger charge is 2.11. The number of anilines is 2. The van der Waals surface area contributed by atoms with E-state index in [1.807, 2.05) is 26.0 Å². The average molecular weight is 281 g/mol. The Labute approximate surface area is 115 Å². The van der Waals surface area contributed by atoms with Crippen LogP contribution in [-0.2, 0) is 0 Å². The molecular formula is C13H13ClN2OS. The third kappa shape index (κ3) is 2.66. The second-order valence-electron chi connectivity index (χ2n) is 4.08. The monoisotopic (exact) mass is 280 g/mol. The Kier molecular flexibility index (Phi) is 3.59. The normalized spacial score (nSPS) is 10.4. The van der Waals surface area contributed by atoms with Crippen molar-refractivity contribution in [3.05, 3.63) is 44.6 Å². The molecule has 0 saturated heterocycles. The third-order valence-corrected chi connectivity index (χ3v) is 3.94. The van der Waals surface area contributed by atoms with Crippen molar-refractivity contribution in [3.63, 3.8) is 0 Å². The first-order valence-corrected chi connectivity index (χ1v) is 6.60. The van der Waals surface area contributed by atoms with E-state index in [0.717, 1.165) is 11.1 Å². The molecule has 94 valence electrons. The van der Waals surface area contributed by atoms with Crippen LogP contribution in [0, 0.1) is 13.8 Å². The van der Waals surface area contributed by atoms with Crippen molar-refractivity contribution >= 4 is 40.2 Å². The average Bonchev–Trinajstić information content (AvgIpc) is 2.73. The van der Waals surface area contributed by atoms with Gasteiger partial charge in [-0.3, -0.25) is 4.79 Å². The lowest BCUT2D eigenvalue weighted by molar-refractivity contribution is 0.103. The predicted molar refractivity (Wildman–Crippen MR) is 77.6 cm³/mol. The number of nitrogens with two attached hydrogens (primary N) is 1. The molecule has 0 aliphatic carbocycles. The van der Waals surface area contributed by atoms with Gasteiger partial charge in [0.05, 0.1) is 20.6 Å². The van der Waals surface area contributed by atoms with Crippen molar-refractivity contribution in [2.45, 2.75) is 13.8 Å². The molecule has 1 aromatic carbocycles. The second kappa shape index (κ2) is 5.00. The number of nitrogens with one attached hydrogen (secondary N) is 1. The van der Waals surface area contributed by atoms with Crippen molar-refractivity contribution in [1.82, 2.24) is 0 Å². The molecular weight excluding hydrogens is 268 g/mol. The molecule has 18 heavy (non-hydrogen) atoms. The molecule has 3 nitrogen and oxygen atoms in total. The maximum atomic E-state index is 12.0. The van der Waals surface area contributed by atoms with Gasteiger partial charge in [0.1, 0.15) is 0 Å². The van der Waals surface area contributed by atoms with Gasteiger partial charge in [-0.2, -0.15) is 0 Å². The highest BCUT2D eigenvalue weighted by atomic mass is 35.5. The molecule has 2 aromatic rings. The van der Waals surface area contributed by atoms with Crippen LogP contribution in [0.1, 0.15) is 20.8 Å². The zero-order valence-electron chi connectivity index (χ0n) is 10.1. The van der Waals surface area contributed by atoms with Crippen molar-refractivity contribution < 1.29 is 4.79 Å². The lowest BCUT2D eigenvalue weighted by Gasteiger charge is -2.10. The number of halogens is 1. The molecule has 0 unspecified atom stereocenters. The molecule has 1 aromatic heterocycles. The summed E-state index contributed by atoms with van der Waals surface area (Å²) in [5, 5.41) is 2.80. The van der Waals surface area contributed by atoms with Crippen molar-refractivity contribution in [2.24, 2.45) is 0 Å². The maximum absolute atomic E-state index is 12.0. The Hall–Kier alpha value is -1.52. The van der Waals surface area contributed by atoms with E-state index in [4.69, 9.17) is 17.3 Å². The third-order valence-electron chi connectivity index (χ3n) is 2.71. The van der Waals surface area contributed by atoms with Crippen LogP contribution in [0.25, 0.3) is 0 Å². The number of thiophene rings is 1. The van der Waals surface area contributed by atoms with Gasteiger partial charge in [-0.05, 0) is 49.2 Å². The summed E-state index contributed by atoms with van der Waals surface area (Å²) >= 11 is 7.04. The first-order chi connectivity index (χ1) is 8.47. The van der Waals surface area contributed by atoms with Crippen LogP contribution in [0.15, 0.2) is 24.3 Å². The summed E-state index contributed by atoms with van der Waals surface area (Å²) in [7, 11) is 0. The van der Waals surface area contributed by atoms with Crippen molar-refractivity contribution in [1.29, 1.82) is 0 Å². The minimum absolute atomic E-state index is 0.193. The van der Waals surface area contributed by atoms with E-state index in [-0.39, 0.29) is 5.91 Å². The molecule has 5 heteroatoms. The highest BCUT2D eigenvalue weighted by Crippen LogP contribution is 2.26. The van der Waals surface area contributed by atoms with Crippen LogP contribution in [0.5, 0.6) is 0 Å². The summed E-state index contributed by atoms with van der Waals surface area (Å²) in [5.74, 6) is -0.193. The van der Waals surface area contributed by atoms with Gasteiger partial charge in [0.15, 0.2) is 0 Å². The van der Waals surface area contributed by atoms with E-state index < -0.39 is 0 Å². The number of carbonyl (C=O) groups is 1. The molecule has 0 saturated carbocycles. The molecule has 0 fully saturated rings. The fraction of sp³-hybridized carbons (Fsp3) is 0.154. The number of amides is 1. The number of hydrogen-bond donors (Lipinski definition) is 2. The molecule has 0 radical (unpaired) electrons. The number of nitrogen functional groups attached to an aromatic ring is 1. The molecule has 2 rings (SSSR count). The molecule has 0 atom stereocenters. The SMILES string of the molecule is Cc1cc(N)c(NC(=O)c2ccc(Cl)s2)cc1C. The molecule has 1 amide bonds. The van der Waals surface area contributed by atoms with Gasteiger partial charge in [-0.15, -0.1) is 11.3 Å². The number of carbonyl (C=O) groups excluding carboxylic acids is 1. The van der Waals surface area contributed by atoms with Crippen molar-refractivity contribution in [2.75, 3.05) is 11.1 Å². The number of benzene rings is 1. The first-order valence-electron chi connectivity index (χ1n) is 5.41. The minimum atomic E-state index is -0.193. The number of aryl methyl sites for hydroxylation is 2. The van der Waals surface area contributed by atoms with E-state index in [2.05, 4.69) is 5.32 Å². The van der Waals surface area contributed by atoms with E-state index >= 15 is 0 Å². The van der Waals surface area contributed by atoms with Gasteiger partial charge >= 0.3 is 0 Å². The van der Waals surface area contributed by atoms with Crippen LogP contribution in [0.2, 0.25) is 4.34 Å². The minimum Gasteiger partial charge on any atom is -0.397 e. The Morgan fingerprint density at radius 3 is 2.56 bits per heavy atom. The lowest BCUT2D eigenvalue weighted by atomic mass is 10.1. The Balaban J connectivity index is 2.24. The summed E-state index contributed by atoms with van der Waals surface area (Å²) in [6, 6.07) is 7.12. The van der Waals surface area contributed by atoms with Gasteiger partial charge in [-0.25, -0.2) is 0 Å². The quantitative estimate of drug-likeness (QED) is 0.821. The Bertz CT molecular complexity index is 607. The van der Waals surface area contributed by atoms with Gasteiger partial charge in [-0.1, -0.05) is 11.6 Å². The van der Waals surface area contributed by atoms with E-state index in [0.29, 0.717) is 20.6 Å². The second-order valence-corrected chi connectivity index (χ2v) is 5.80. The van der Waals surface area contributed by atoms with Gasteiger partial charge in [0.2, 0.25) is 0 Å². The molecule has 0 aliphatic rings. The van der Waals surface area contributed by atoms with Gasteiger partial charge in [0, 0.05) is 0 Å². The summed E-state index contributed by atoms with van der Waals surface area (Å²) < 4.78 is 0.591. The zero-order chi connectivity index (χ0) is 13.3. The van der Waals surface area contributed by atoms with Gasteiger partial charge in [0.25, 0.3) is 5.91 Å². The fourth-order valence-corrected chi connectivity index (χ4v) is 2.51. The van der Waals surface area contributed by atoms with Crippen LogP contribution in [0.4, 0.5) is 11.4 Å².